The number of rotatable bonds is 2. The SMILES string of the molecule is CC1CCC(c2ccc(C3CCC3=O)cc2)CC1. The quantitative estimate of drug-likeness (QED) is 0.750. The highest BCUT2D eigenvalue weighted by Gasteiger charge is 2.29. The van der Waals surface area contributed by atoms with Crippen LogP contribution >= 0.6 is 0 Å². The van der Waals surface area contributed by atoms with E-state index in [-0.39, 0.29) is 5.92 Å². The van der Waals surface area contributed by atoms with E-state index in [1.807, 2.05) is 0 Å². The van der Waals surface area contributed by atoms with Crippen LogP contribution in [-0.2, 0) is 4.79 Å². The topological polar surface area (TPSA) is 17.1 Å². The molecule has 0 aliphatic heterocycles. The van der Waals surface area contributed by atoms with Crippen molar-refractivity contribution in [1.29, 1.82) is 0 Å². The lowest BCUT2D eigenvalue weighted by atomic mass is 9.76. The first-order valence-electron chi connectivity index (χ1n) is 7.36. The van der Waals surface area contributed by atoms with Crippen molar-refractivity contribution in [3.05, 3.63) is 35.4 Å². The summed E-state index contributed by atoms with van der Waals surface area (Å²) < 4.78 is 0. The molecule has 0 saturated heterocycles. The maximum absolute atomic E-state index is 11.5. The van der Waals surface area contributed by atoms with Gasteiger partial charge in [0.25, 0.3) is 0 Å². The summed E-state index contributed by atoms with van der Waals surface area (Å²) in [5.74, 6) is 2.31. The van der Waals surface area contributed by atoms with Crippen LogP contribution in [0.4, 0.5) is 0 Å². The van der Waals surface area contributed by atoms with Crippen LogP contribution in [0.25, 0.3) is 0 Å². The average molecular weight is 242 g/mol. The van der Waals surface area contributed by atoms with Gasteiger partial charge in [0.05, 0.1) is 0 Å². The van der Waals surface area contributed by atoms with Crippen LogP contribution in [0.3, 0.4) is 0 Å². The molecule has 2 saturated carbocycles. The summed E-state index contributed by atoms with van der Waals surface area (Å²) in [5.41, 5.74) is 2.72. The number of hydrogen-bond acceptors (Lipinski definition) is 1. The van der Waals surface area contributed by atoms with Gasteiger partial charge in [-0.3, -0.25) is 4.79 Å². The summed E-state index contributed by atoms with van der Waals surface area (Å²) in [7, 11) is 0. The second-order valence-electron chi connectivity index (χ2n) is 6.18. The third-order valence-corrected chi connectivity index (χ3v) is 4.89. The van der Waals surface area contributed by atoms with Gasteiger partial charge in [-0.25, -0.2) is 0 Å². The Kier molecular flexibility index (Phi) is 3.23. The first-order valence-corrected chi connectivity index (χ1v) is 7.36. The predicted molar refractivity (Wildman–Crippen MR) is 73.8 cm³/mol. The van der Waals surface area contributed by atoms with Gasteiger partial charge in [0.15, 0.2) is 0 Å². The van der Waals surface area contributed by atoms with E-state index in [0.717, 1.165) is 24.7 Å². The molecular weight excluding hydrogens is 220 g/mol. The molecule has 1 aromatic carbocycles. The molecular formula is C17H22O. The second kappa shape index (κ2) is 4.87. The molecule has 96 valence electrons. The highest BCUT2D eigenvalue weighted by Crippen LogP contribution is 2.37. The normalized spacial score (nSPS) is 32.1. The van der Waals surface area contributed by atoms with E-state index in [0.29, 0.717) is 5.78 Å². The van der Waals surface area contributed by atoms with Crippen LogP contribution in [0.2, 0.25) is 0 Å². The molecule has 0 radical (unpaired) electrons. The smallest absolute Gasteiger partial charge is 0.140 e. The average Bonchev–Trinajstić information content (AvgIpc) is 2.39. The molecule has 1 nitrogen and oxygen atoms in total. The van der Waals surface area contributed by atoms with Crippen LogP contribution in [0.1, 0.15) is 68.4 Å². The summed E-state index contributed by atoms with van der Waals surface area (Å²) in [5, 5.41) is 0. The molecule has 0 heterocycles. The molecule has 1 unspecified atom stereocenters. The summed E-state index contributed by atoms with van der Waals surface area (Å²) in [6, 6.07) is 8.91. The summed E-state index contributed by atoms with van der Waals surface area (Å²) in [4.78, 5) is 11.5. The molecule has 0 N–H and O–H groups in total. The fourth-order valence-electron chi connectivity index (χ4n) is 3.35. The number of benzene rings is 1. The Balaban J connectivity index is 1.69. The molecule has 3 rings (SSSR count). The maximum atomic E-state index is 11.5. The third-order valence-electron chi connectivity index (χ3n) is 4.89. The van der Waals surface area contributed by atoms with Gasteiger partial charge < -0.3 is 0 Å². The molecule has 2 aliphatic rings. The third kappa shape index (κ3) is 2.23. The molecule has 0 aromatic heterocycles. The van der Waals surface area contributed by atoms with Crippen LogP contribution < -0.4 is 0 Å². The number of carbonyl (C=O) groups excluding carboxylic acids is 1. The van der Waals surface area contributed by atoms with Gasteiger partial charge in [-0.2, -0.15) is 0 Å². The van der Waals surface area contributed by atoms with Gasteiger partial charge in [0.1, 0.15) is 5.78 Å². The zero-order valence-corrected chi connectivity index (χ0v) is 11.2. The van der Waals surface area contributed by atoms with E-state index in [1.165, 1.54) is 36.8 Å². The van der Waals surface area contributed by atoms with E-state index < -0.39 is 0 Å². The molecule has 2 aliphatic carbocycles. The second-order valence-corrected chi connectivity index (χ2v) is 6.18. The van der Waals surface area contributed by atoms with Crippen LogP contribution in [0.15, 0.2) is 24.3 Å². The minimum absolute atomic E-state index is 0.213. The van der Waals surface area contributed by atoms with Crippen molar-refractivity contribution < 1.29 is 4.79 Å². The molecule has 1 aromatic rings. The van der Waals surface area contributed by atoms with Crippen molar-refractivity contribution in [2.45, 2.75) is 57.3 Å². The summed E-state index contributed by atoms with van der Waals surface area (Å²) in [6.45, 7) is 2.36. The van der Waals surface area contributed by atoms with Gasteiger partial charge >= 0.3 is 0 Å². The van der Waals surface area contributed by atoms with E-state index in [4.69, 9.17) is 0 Å². The van der Waals surface area contributed by atoms with Crippen LogP contribution in [0, 0.1) is 5.92 Å². The van der Waals surface area contributed by atoms with E-state index in [1.54, 1.807) is 0 Å². The molecule has 1 atom stereocenters. The fourth-order valence-corrected chi connectivity index (χ4v) is 3.35. The Labute approximate surface area is 110 Å². The molecule has 18 heavy (non-hydrogen) atoms. The number of carbonyl (C=O) groups is 1. The first-order chi connectivity index (χ1) is 8.74. The standard InChI is InChI=1S/C17H22O/c1-12-2-4-13(5-3-12)14-6-8-15(9-7-14)16-10-11-17(16)18/h6-9,12-13,16H,2-5,10-11H2,1H3. The monoisotopic (exact) mass is 242 g/mol. The molecule has 2 fully saturated rings. The Morgan fingerprint density at radius 2 is 1.50 bits per heavy atom. The Hall–Kier alpha value is -1.11. The van der Waals surface area contributed by atoms with Gasteiger partial charge in [-0.1, -0.05) is 44.0 Å². The number of ketones is 1. The first kappa shape index (κ1) is 12.0. The molecule has 0 spiro atoms. The van der Waals surface area contributed by atoms with E-state index >= 15 is 0 Å². The van der Waals surface area contributed by atoms with Crippen molar-refractivity contribution in [1.82, 2.24) is 0 Å². The van der Waals surface area contributed by atoms with Crippen molar-refractivity contribution in [2.75, 3.05) is 0 Å². The zero-order chi connectivity index (χ0) is 12.5. The molecule has 1 heteroatoms. The highest BCUT2D eigenvalue weighted by molar-refractivity contribution is 5.91. The van der Waals surface area contributed by atoms with Crippen LogP contribution in [0.5, 0.6) is 0 Å². The minimum atomic E-state index is 0.213. The largest absolute Gasteiger partial charge is 0.299 e. The lowest BCUT2D eigenvalue weighted by Gasteiger charge is -2.28. The lowest BCUT2D eigenvalue weighted by molar-refractivity contribution is -0.125. The van der Waals surface area contributed by atoms with Crippen molar-refractivity contribution in [3.63, 3.8) is 0 Å². The maximum Gasteiger partial charge on any atom is 0.140 e. The van der Waals surface area contributed by atoms with Crippen molar-refractivity contribution >= 4 is 5.78 Å². The number of hydrogen-bond donors (Lipinski definition) is 0. The van der Waals surface area contributed by atoms with Gasteiger partial charge in [-0.15, -0.1) is 0 Å². The Morgan fingerprint density at radius 3 is 2.00 bits per heavy atom. The van der Waals surface area contributed by atoms with E-state index in [9.17, 15) is 4.79 Å². The fraction of sp³-hybridized carbons (Fsp3) is 0.588. The van der Waals surface area contributed by atoms with Gasteiger partial charge in [-0.05, 0) is 42.2 Å². The lowest BCUT2D eigenvalue weighted by Crippen LogP contribution is -2.23. The number of Topliss-reactive ketones (excluding diaryl/α,β-unsaturated/α-hetero) is 1. The molecule has 0 bridgehead atoms. The minimum Gasteiger partial charge on any atom is -0.299 e. The highest BCUT2D eigenvalue weighted by atomic mass is 16.1. The van der Waals surface area contributed by atoms with Crippen LogP contribution in [-0.4, -0.2) is 5.78 Å². The predicted octanol–water partition coefficient (Wildman–Crippen LogP) is 4.43. The summed E-state index contributed by atoms with van der Waals surface area (Å²) in [6.07, 6.45) is 7.25. The van der Waals surface area contributed by atoms with Crippen molar-refractivity contribution in [2.24, 2.45) is 5.92 Å². The Morgan fingerprint density at radius 1 is 0.889 bits per heavy atom. The van der Waals surface area contributed by atoms with Gasteiger partial charge in [0.2, 0.25) is 0 Å². The van der Waals surface area contributed by atoms with Gasteiger partial charge in [0, 0.05) is 12.3 Å². The zero-order valence-electron chi connectivity index (χ0n) is 11.2. The Bertz CT molecular complexity index is 423. The summed E-state index contributed by atoms with van der Waals surface area (Å²) >= 11 is 0. The van der Waals surface area contributed by atoms with E-state index in [2.05, 4.69) is 31.2 Å². The molecule has 0 amide bonds. The van der Waals surface area contributed by atoms with Crippen molar-refractivity contribution in [3.8, 4) is 0 Å².